The molecule has 0 aliphatic rings. The number of alkyl halides is 3. The Morgan fingerprint density at radius 2 is 1.55 bits per heavy atom. The number of alkyl carbamates (subject to hydrolysis) is 1. The number of hydrogen-bond acceptors (Lipinski definition) is 7. The molecule has 192 valence electrons. The van der Waals surface area contributed by atoms with Crippen molar-refractivity contribution in [1.29, 1.82) is 0 Å². The van der Waals surface area contributed by atoms with Gasteiger partial charge in [-0.05, 0) is 46.5 Å². The highest BCUT2D eigenvalue weighted by atomic mass is 35.6. The zero-order valence-corrected chi connectivity index (χ0v) is 22.1. The predicted molar refractivity (Wildman–Crippen MR) is 127 cm³/mol. The number of carbonyl (C=O) groups excluding carboxylic acids is 4. The van der Waals surface area contributed by atoms with E-state index >= 15 is 0 Å². The van der Waals surface area contributed by atoms with E-state index in [1.54, 1.807) is 34.6 Å². The molecule has 0 aliphatic heterocycles. The van der Waals surface area contributed by atoms with E-state index in [2.05, 4.69) is 16.0 Å². The summed E-state index contributed by atoms with van der Waals surface area (Å²) in [4.78, 5) is 48.6. The molecule has 0 saturated heterocycles. The van der Waals surface area contributed by atoms with Crippen molar-refractivity contribution in [2.45, 2.75) is 81.9 Å². The lowest BCUT2D eigenvalue weighted by molar-refractivity contribution is -0.145. The Kier molecular flexibility index (Phi) is 13.4. The third-order valence-electron chi connectivity index (χ3n) is 4.05. The number of nitrogens with one attached hydrogen (secondary N) is 3. The third kappa shape index (κ3) is 15.1. The molecular weight excluding hydrogens is 499 g/mol. The van der Waals surface area contributed by atoms with Crippen molar-refractivity contribution in [2.24, 2.45) is 11.7 Å². The number of esters is 1. The lowest BCUT2D eigenvalue weighted by atomic mass is 10.0. The highest BCUT2D eigenvalue weighted by molar-refractivity contribution is 6.67. The summed E-state index contributed by atoms with van der Waals surface area (Å²) in [7, 11) is 0. The second-order valence-electron chi connectivity index (χ2n) is 8.86. The fraction of sp³-hybridized carbons (Fsp3) is 0.800. The number of carbonyl (C=O) groups is 4. The Bertz CT molecular complexity index is 680. The number of halogens is 3. The average Bonchev–Trinajstić information content (AvgIpc) is 2.64. The normalized spacial score (nSPS) is 14.6. The topological polar surface area (TPSA) is 149 Å². The van der Waals surface area contributed by atoms with Crippen molar-refractivity contribution in [3.05, 3.63) is 0 Å². The molecule has 0 bridgehead atoms. The van der Waals surface area contributed by atoms with Gasteiger partial charge in [-0.3, -0.25) is 14.4 Å². The molecule has 13 heteroatoms. The lowest BCUT2D eigenvalue weighted by Crippen LogP contribution is -2.55. The van der Waals surface area contributed by atoms with Crippen LogP contribution in [0.3, 0.4) is 0 Å². The first kappa shape index (κ1) is 31.5. The summed E-state index contributed by atoms with van der Waals surface area (Å²) in [5.41, 5.74) is 5.00. The highest BCUT2D eigenvalue weighted by Gasteiger charge is 2.29. The zero-order chi connectivity index (χ0) is 26.0. The Labute approximate surface area is 209 Å². The molecular formula is C20H35Cl3N4O6. The fourth-order valence-corrected chi connectivity index (χ4v) is 2.57. The summed E-state index contributed by atoms with van der Waals surface area (Å²) in [6.45, 7) is 9.96. The largest absolute Gasteiger partial charge is 0.460 e. The van der Waals surface area contributed by atoms with E-state index < -0.39 is 58.0 Å². The van der Waals surface area contributed by atoms with Crippen LogP contribution in [0.5, 0.6) is 0 Å². The van der Waals surface area contributed by atoms with Gasteiger partial charge in [-0.2, -0.15) is 0 Å². The molecule has 0 aromatic carbocycles. The van der Waals surface area contributed by atoms with Crippen molar-refractivity contribution in [1.82, 2.24) is 16.0 Å². The van der Waals surface area contributed by atoms with Gasteiger partial charge in [-0.25, -0.2) is 4.79 Å². The summed E-state index contributed by atoms with van der Waals surface area (Å²) in [5.74, 6) is -1.91. The van der Waals surface area contributed by atoms with Gasteiger partial charge in [0.25, 0.3) is 0 Å². The van der Waals surface area contributed by atoms with Gasteiger partial charge in [0.1, 0.15) is 30.3 Å². The first-order chi connectivity index (χ1) is 14.9. The van der Waals surface area contributed by atoms with Crippen LogP contribution in [0.1, 0.15) is 54.4 Å². The van der Waals surface area contributed by atoms with E-state index in [0.717, 1.165) is 0 Å². The van der Waals surface area contributed by atoms with Crippen LogP contribution >= 0.6 is 34.8 Å². The van der Waals surface area contributed by atoms with E-state index in [4.69, 9.17) is 50.0 Å². The van der Waals surface area contributed by atoms with Gasteiger partial charge in [0, 0.05) is 6.54 Å². The molecule has 0 fully saturated rings. The van der Waals surface area contributed by atoms with Gasteiger partial charge in [-0.1, -0.05) is 48.7 Å². The second kappa shape index (κ2) is 14.0. The first-order valence-corrected chi connectivity index (χ1v) is 11.6. The van der Waals surface area contributed by atoms with Crippen molar-refractivity contribution >= 4 is 58.7 Å². The lowest BCUT2D eigenvalue weighted by Gasteiger charge is -2.26. The molecule has 33 heavy (non-hydrogen) atoms. The van der Waals surface area contributed by atoms with Gasteiger partial charge in [0.15, 0.2) is 0 Å². The monoisotopic (exact) mass is 532 g/mol. The average molecular weight is 534 g/mol. The van der Waals surface area contributed by atoms with E-state index in [9.17, 15) is 19.2 Å². The van der Waals surface area contributed by atoms with Crippen LogP contribution in [-0.2, 0) is 23.9 Å². The van der Waals surface area contributed by atoms with Crippen LogP contribution in [-0.4, -0.2) is 64.5 Å². The summed E-state index contributed by atoms with van der Waals surface area (Å²) < 4.78 is 8.25. The van der Waals surface area contributed by atoms with Gasteiger partial charge in [0.2, 0.25) is 15.6 Å². The first-order valence-electron chi connectivity index (χ1n) is 10.5. The molecule has 0 saturated carbocycles. The van der Waals surface area contributed by atoms with Crippen molar-refractivity contribution in [2.75, 3.05) is 13.2 Å². The SMILES string of the molecule is CC(NC(=O)C(NC(=O)OC(C)(C)C)C(C)C)C(=O)NCCCC(N)C(=O)OCC(Cl)(Cl)Cl. The van der Waals surface area contributed by atoms with E-state index in [0.29, 0.717) is 6.42 Å². The highest BCUT2D eigenvalue weighted by Crippen LogP contribution is 2.26. The third-order valence-corrected chi connectivity index (χ3v) is 4.37. The molecule has 5 N–H and O–H groups in total. The summed E-state index contributed by atoms with van der Waals surface area (Å²) in [6.07, 6.45) is -0.114. The quantitative estimate of drug-likeness (QED) is 0.181. The molecule has 0 spiro atoms. The van der Waals surface area contributed by atoms with Gasteiger partial charge in [-0.15, -0.1) is 0 Å². The molecule has 10 nitrogen and oxygen atoms in total. The molecule has 3 atom stereocenters. The Morgan fingerprint density at radius 3 is 2.03 bits per heavy atom. The van der Waals surface area contributed by atoms with Crippen molar-refractivity contribution in [3.8, 4) is 0 Å². The molecule has 3 unspecified atom stereocenters. The van der Waals surface area contributed by atoms with Crippen LogP contribution in [0.4, 0.5) is 4.79 Å². The van der Waals surface area contributed by atoms with E-state index in [1.807, 2.05) is 0 Å². The molecule has 0 aromatic heterocycles. The van der Waals surface area contributed by atoms with E-state index in [1.165, 1.54) is 6.92 Å². The van der Waals surface area contributed by atoms with Gasteiger partial charge >= 0.3 is 12.1 Å². The number of amides is 3. The number of ether oxygens (including phenoxy) is 2. The van der Waals surface area contributed by atoms with Gasteiger partial charge in [0.05, 0.1) is 0 Å². The summed E-state index contributed by atoms with van der Waals surface area (Å²) in [6, 6.07) is -2.67. The van der Waals surface area contributed by atoms with Crippen molar-refractivity contribution < 1.29 is 28.7 Å². The van der Waals surface area contributed by atoms with Crippen LogP contribution < -0.4 is 21.7 Å². The van der Waals surface area contributed by atoms with Crippen LogP contribution in [0.2, 0.25) is 0 Å². The Hall–Kier alpha value is -1.49. The van der Waals surface area contributed by atoms with Crippen LogP contribution in [0.25, 0.3) is 0 Å². The number of rotatable bonds is 11. The molecule has 0 heterocycles. The zero-order valence-electron chi connectivity index (χ0n) is 19.8. The maximum atomic E-state index is 12.6. The minimum atomic E-state index is -1.72. The fourth-order valence-electron chi connectivity index (χ4n) is 2.40. The molecule has 0 rings (SSSR count). The maximum absolute atomic E-state index is 12.6. The standard InChI is InChI=1S/C20H35Cl3N4O6/c1-11(2)14(27-18(31)33-19(4,5)6)16(29)26-12(3)15(28)25-9-7-8-13(24)17(30)32-10-20(21,22)23/h11-14H,7-10,24H2,1-6H3,(H,25,28)(H,26,29)(H,27,31). The van der Waals surface area contributed by atoms with Crippen molar-refractivity contribution in [3.63, 3.8) is 0 Å². The summed E-state index contributed by atoms with van der Waals surface area (Å²) in [5, 5.41) is 7.74. The van der Waals surface area contributed by atoms with Crippen LogP contribution in [0, 0.1) is 5.92 Å². The smallest absolute Gasteiger partial charge is 0.408 e. The Balaban J connectivity index is 4.48. The minimum absolute atomic E-state index is 0.217. The number of hydrogen-bond donors (Lipinski definition) is 4. The maximum Gasteiger partial charge on any atom is 0.408 e. The van der Waals surface area contributed by atoms with Gasteiger partial charge < -0.3 is 31.2 Å². The second-order valence-corrected chi connectivity index (χ2v) is 11.4. The number of nitrogens with two attached hydrogens (primary N) is 1. The summed E-state index contributed by atoms with van der Waals surface area (Å²) >= 11 is 16.5. The van der Waals surface area contributed by atoms with E-state index in [-0.39, 0.29) is 18.9 Å². The Morgan fingerprint density at radius 1 is 0.970 bits per heavy atom. The minimum Gasteiger partial charge on any atom is -0.460 e. The predicted octanol–water partition coefficient (Wildman–Crippen LogP) is 2.18. The molecule has 0 radical (unpaired) electrons. The van der Waals surface area contributed by atoms with Crippen LogP contribution in [0.15, 0.2) is 0 Å². The molecule has 0 aromatic rings. The molecule has 0 aliphatic carbocycles. The molecule has 3 amide bonds.